The van der Waals surface area contributed by atoms with Gasteiger partial charge in [0.05, 0.1) is 0 Å². The van der Waals surface area contributed by atoms with Crippen LogP contribution in [0.3, 0.4) is 0 Å². The highest BCUT2D eigenvalue weighted by molar-refractivity contribution is 5.07. The van der Waals surface area contributed by atoms with E-state index in [0.717, 1.165) is 12.5 Å². The molecule has 0 aromatic heterocycles. The van der Waals surface area contributed by atoms with Crippen LogP contribution in [0.2, 0.25) is 0 Å². The first-order chi connectivity index (χ1) is 11.2. The lowest BCUT2D eigenvalue weighted by atomic mass is 9.54. The van der Waals surface area contributed by atoms with Gasteiger partial charge in [0, 0.05) is 18.6 Å². The van der Waals surface area contributed by atoms with Gasteiger partial charge in [-0.15, -0.1) is 0 Å². The largest absolute Gasteiger partial charge is 0.255 e. The first-order valence-electron chi connectivity index (χ1n) is 10.7. The van der Waals surface area contributed by atoms with E-state index in [1.807, 2.05) is 0 Å². The molecule has 0 aromatic rings. The fraction of sp³-hybridized carbons (Fsp3) is 1.00. The molecule has 0 radical (unpaired) electrons. The van der Waals surface area contributed by atoms with Gasteiger partial charge in [-0.3, -0.25) is 5.43 Å². The molecule has 24 heavy (non-hydrogen) atoms. The van der Waals surface area contributed by atoms with Gasteiger partial charge in [-0.2, -0.15) is 0 Å². The molecule has 2 atom stereocenters. The molecule has 1 aliphatic heterocycles. The molecule has 0 amide bonds. The Morgan fingerprint density at radius 3 is 2.08 bits per heavy atom. The van der Waals surface area contributed by atoms with Gasteiger partial charge in [0.25, 0.3) is 0 Å². The number of hydrogen-bond donors (Lipinski definition) is 1. The van der Waals surface area contributed by atoms with Crippen molar-refractivity contribution < 1.29 is 0 Å². The van der Waals surface area contributed by atoms with E-state index >= 15 is 0 Å². The fourth-order valence-electron chi connectivity index (χ4n) is 5.67. The summed E-state index contributed by atoms with van der Waals surface area (Å²) >= 11 is 0. The molecule has 0 spiro atoms. The van der Waals surface area contributed by atoms with Crippen molar-refractivity contribution in [2.75, 3.05) is 13.1 Å². The third-order valence-corrected chi connectivity index (χ3v) is 6.81. The Morgan fingerprint density at radius 1 is 0.792 bits per heavy atom. The Balaban J connectivity index is 2.46. The van der Waals surface area contributed by atoms with Crippen LogP contribution in [-0.4, -0.2) is 23.6 Å². The van der Waals surface area contributed by atoms with Crippen LogP contribution >= 0.6 is 0 Å². The minimum absolute atomic E-state index is 0.267. The van der Waals surface area contributed by atoms with E-state index in [-0.39, 0.29) is 11.0 Å². The van der Waals surface area contributed by atoms with E-state index < -0.39 is 0 Å². The quantitative estimate of drug-likeness (QED) is 0.616. The van der Waals surface area contributed by atoms with Crippen molar-refractivity contribution in [1.29, 1.82) is 0 Å². The van der Waals surface area contributed by atoms with Gasteiger partial charge in [0.1, 0.15) is 0 Å². The summed E-state index contributed by atoms with van der Waals surface area (Å²) in [5, 5.41) is 2.76. The van der Waals surface area contributed by atoms with Gasteiger partial charge in [-0.25, -0.2) is 5.01 Å². The maximum Gasteiger partial charge on any atom is 0.0435 e. The van der Waals surface area contributed by atoms with Crippen molar-refractivity contribution in [3.05, 3.63) is 0 Å². The topological polar surface area (TPSA) is 15.3 Å². The predicted molar refractivity (Wildman–Crippen MR) is 106 cm³/mol. The second kappa shape index (κ2) is 8.08. The normalized spacial score (nSPS) is 32.5. The zero-order chi connectivity index (χ0) is 17.8. The summed E-state index contributed by atoms with van der Waals surface area (Å²) in [5.74, 6) is 0.747. The van der Waals surface area contributed by atoms with Crippen LogP contribution in [0.1, 0.15) is 106 Å². The minimum atomic E-state index is 0.267. The summed E-state index contributed by atoms with van der Waals surface area (Å²) < 4.78 is 0. The van der Waals surface area contributed by atoms with Crippen LogP contribution in [0.5, 0.6) is 0 Å². The Morgan fingerprint density at radius 2 is 1.42 bits per heavy atom. The Labute approximate surface area is 152 Å². The van der Waals surface area contributed by atoms with Gasteiger partial charge in [0.15, 0.2) is 0 Å². The molecule has 0 bridgehead atoms. The van der Waals surface area contributed by atoms with Gasteiger partial charge < -0.3 is 0 Å². The molecule has 1 saturated heterocycles. The second-order valence-electron chi connectivity index (χ2n) is 10.5. The number of hydrogen-bond acceptors (Lipinski definition) is 2. The van der Waals surface area contributed by atoms with E-state index in [4.69, 9.17) is 0 Å². The first kappa shape index (κ1) is 20.2. The molecule has 1 N–H and O–H groups in total. The highest BCUT2D eigenvalue weighted by atomic mass is 15.5. The summed E-state index contributed by atoms with van der Waals surface area (Å²) in [6.45, 7) is 17.4. The van der Waals surface area contributed by atoms with Crippen LogP contribution in [0, 0.1) is 16.7 Å². The van der Waals surface area contributed by atoms with Gasteiger partial charge >= 0.3 is 0 Å². The molecule has 2 fully saturated rings. The average molecular weight is 337 g/mol. The maximum absolute atomic E-state index is 3.92. The highest BCUT2D eigenvalue weighted by Crippen LogP contribution is 2.53. The van der Waals surface area contributed by atoms with Crippen molar-refractivity contribution in [3.63, 3.8) is 0 Å². The monoisotopic (exact) mass is 336 g/mol. The summed E-state index contributed by atoms with van der Waals surface area (Å²) in [5.41, 5.74) is 4.83. The van der Waals surface area contributed by atoms with E-state index in [1.165, 1.54) is 70.8 Å². The summed E-state index contributed by atoms with van der Waals surface area (Å²) in [6, 6.07) is 0. The molecule has 2 rings (SSSR count). The molecular formula is C22H44N2. The first-order valence-corrected chi connectivity index (χ1v) is 10.7. The third kappa shape index (κ3) is 4.36. The molecule has 2 aliphatic rings. The predicted octanol–water partition coefficient (Wildman–Crippen LogP) is 6.17. The Bertz CT molecular complexity index is 368. The molecule has 1 heterocycles. The SMILES string of the molecule is CC(C)(C)C1CCCCCCC1(N1CCCCCCN1)C(C)(C)C. The Kier molecular flexibility index (Phi) is 6.81. The van der Waals surface area contributed by atoms with Gasteiger partial charge in [0.2, 0.25) is 0 Å². The zero-order valence-corrected chi connectivity index (χ0v) is 17.5. The van der Waals surface area contributed by atoms with Crippen molar-refractivity contribution in [2.45, 2.75) is 111 Å². The highest BCUT2D eigenvalue weighted by Gasteiger charge is 2.54. The second-order valence-corrected chi connectivity index (χ2v) is 10.5. The van der Waals surface area contributed by atoms with Gasteiger partial charge in [-0.1, -0.05) is 80.1 Å². The third-order valence-electron chi connectivity index (χ3n) is 6.81. The van der Waals surface area contributed by atoms with Crippen LogP contribution in [0.15, 0.2) is 0 Å². The van der Waals surface area contributed by atoms with E-state index in [1.54, 1.807) is 0 Å². The molecule has 2 heteroatoms. The van der Waals surface area contributed by atoms with E-state index in [2.05, 4.69) is 52.0 Å². The van der Waals surface area contributed by atoms with Crippen LogP contribution in [0.4, 0.5) is 0 Å². The molecule has 1 aliphatic carbocycles. The molecule has 1 saturated carbocycles. The van der Waals surface area contributed by atoms with E-state index in [0.29, 0.717) is 5.41 Å². The Hall–Kier alpha value is -0.0800. The molecule has 0 aromatic carbocycles. The standard InChI is InChI=1S/C22H44N2/c1-20(2,3)19-15-11-7-8-12-16-22(19,21(4,5)6)24-18-14-10-9-13-17-23-24/h19,23H,7-18H2,1-6H3. The van der Waals surface area contributed by atoms with E-state index in [9.17, 15) is 0 Å². The molecule has 2 nitrogen and oxygen atoms in total. The average Bonchev–Trinajstić information content (AvgIpc) is 2.36. The number of nitrogens with zero attached hydrogens (tertiary/aromatic N) is 1. The van der Waals surface area contributed by atoms with Crippen molar-refractivity contribution in [3.8, 4) is 0 Å². The molecular weight excluding hydrogens is 292 g/mol. The minimum Gasteiger partial charge on any atom is -0.255 e. The van der Waals surface area contributed by atoms with Gasteiger partial charge in [-0.05, 0) is 42.4 Å². The van der Waals surface area contributed by atoms with Crippen LogP contribution < -0.4 is 5.43 Å². The number of rotatable bonds is 1. The lowest BCUT2D eigenvalue weighted by Gasteiger charge is -2.61. The summed E-state index contributed by atoms with van der Waals surface area (Å²) in [6.07, 6.45) is 13.9. The van der Waals surface area contributed by atoms with Crippen LogP contribution in [0.25, 0.3) is 0 Å². The van der Waals surface area contributed by atoms with Crippen LogP contribution in [-0.2, 0) is 0 Å². The lowest BCUT2D eigenvalue weighted by molar-refractivity contribution is -0.130. The number of nitrogens with one attached hydrogen (secondary N) is 1. The van der Waals surface area contributed by atoms with Crippen molar-refractivity contribution in [2.24, 2.45) is 16.7 Å². The smallest absolute Gasteiger partial charge is 0.0435 e. The van der Waals surface area contributed by atoms with Crippen molar-refractivity contribution in [1.82, 2.24) is 10.4 Å². The maximum atomic E-state index is 3.92. The molecule has 2 unspecified atom stereocenters. The summed E-state index contributed by atoms with van der Waals surface area (Å²) in [4.78, 5) is 0. The summed E-state index contributed by atoms with van der Waals surface area (Å²) in [7, 11) is 0. The lowest BCUT2D eigenvalue weighted by Crippen LogP contribution is -2.68. The fourth-order valence-corrected chi connectivity index (χ4v) is 5.67. The zero-order valence-electron chi connectivity index (χ0n) is 17.5. The number of hydrazine groups is 1. The molecule has 142 valence electrons. The van der Waals surface area contributed by atoms with Crippen molar-refractivity contribution >= 4 is 0 Å².